The Labute approximate surface area is 116 Å². The second-order valence-electron chi connectivity index (χ2n) is 4.72. The van der Waals surface area contributed by atoms with Gasteiger partial charge in [0.1, 0.15) is 0 Å². The third-order valence-corrected chi connectivity index (χ3v) is 6.02. The summed E-state index contributed by atoms with van der Waals surface area (Å²) in [5, 5.41) is 0.887. The lowest BCUT2D eigenvalue weighted by Gasteiger charge is -2.17. The van der Waals surface area contributed by atoms with Gasteiger partial charge in [-0.2, -0.15) is 0 Å². The average molecular weight is 297 g/mol. The average Bonchev–Trinajstić information content (AvgIpc) is 2.67. The molecule has 0 saturated carbocycles. The first-order valence-corrected chi connectivity index (χ1v) is 8.79. The van der Waals surface area contributed by atoms with Gasteiger partial charge in [0, 0.05) is 18.8 Å². The van der Waals surface area contributed by atoms with E-state index in [0.29, 0.717) is 13.0 Å². The Balaban J connectivity index is 1.91. The van der Waals surface area contributed by atoms with Crippen molar-refractivity contribution in [1.82, 2.24) is 4.98 Å². The number of rotatable bonds is 1. The maximum absolute atomic E-state index is 11.6. The molecule has 2 N–H and O–H groups in total. The van der Waals surface area contributed by atoms with E-state index in [9.17, 15) is 8.42 Å². The van der Waals surface area contributed by atoms with Crippen LogP contribution in [0.2, 0.25) is 0 Å². The Kier molecular flexibility index (Phi) is 3.10. The standard InChI is InChI=1S/C12H15N3O2S2/c13-9-2-3-10-11(8-9)18-12(14-10)15-4-1-6-19(16,17)7-5-15/h2-3,8H,1,4-7,13H2. The zero-order valence-electron chi connectivity index (χ0n) is 10.4. The van der Waals surface area contributed by atoms with E-state index < -0.39 is 9.84 Å². The number of hydrogen-bond donors (Lipinski definition) is 1. The molecule has 0 amide bonds. The molecule has 0 aliphatic carbocycles. The summed E-state index contributed by atoms with van der Waals surface area (Å²) in [6.07, 6.45) is 0.667. The van der Waals surface area contributed by atoms with Crippen molar-refractivity contribution >= 4 is 42.2 Å². The molecule has 2 heterocycles. The summed E-state index contributed by atoms with van der Waals surface area (Å²) in [5.74, 6) is 0.492. The Hall–Kier alpha value is -1.34. The number of sulfone groups is 1. The van der Waals surface area contributed by atoms with Crippen LogP contribution in [0, 0.1) is 0 Å². The molecule has 3 rings (SSSR count). The molecular formula is C12H15N3O2S2. The molecule has 1 aliphatic rings. The highest BCUT2D eigenvalue weighted by atomic mass is 32.2. The largest absolute Gasteiger partial charge is 0.399 e. The number of nitrogen functional groups attached to an aromatic ring is 1. The van der Waals surface area contributed by atoms with Gasteiger partial charge >= 0.3 is 0 Å². The van der Waals surface area contributed by atoms with E-state index in [1.165, 1.54) is 0 Å². The Morgan fingerprint density at radius 1 is 1.26 bits per heavy atom. The fourth-order valence-corrected chi connectivity index (χ4v) is 4.53. The molecule has 0 atom stereocenters. The molecular weight excluding hydrogens is 282 g/mol. The molecule has 5 nitrogen and oxygen atoms in total. The molecule has 1 aromatic carbocycles. The minimum Gasteiger partial charge on any atom is -0.399 e. The van der Waals surface area contributed by atoms with Crippen LogP contribution in [0.4, 0.5) is 10.8 Å². The predicted molar refractivity (Wildman–Crippen MR) is 79.5 cm³/mol. The molecule has 0 radical (unpaired) electrons. The second-order valence-corrected chi connectivity index (χ2v) is 8.03. The molecule has 102 valence electrons. The Bertz CT molecular complexity index is 709. The second kappa shape index (κ2) is 4.64. The number of aromatic nitrogens is 1. The smallest absolute Gasteiger partial charge is 0.186 e. The molecule has 0 unspecified atom stereocenters. The van der Waals surface area contributed by atoms with E-state index in [4.69, 9.17) is 5.73 Å². The quantitative estimate of drug-likeness (QED) is 0.807. The lowest BCUT2D eigenvalue weighted by Crippen LogP contribution is -2.26. The van der Waals surface area contributed by atoms with Crippen LogP contribution in [0.5, 0.6) is 0 Å². The van der Waals surface area contributed by atoms with Gasteiger partial charge in [0.05, 0.1) is 21.7 Å². The molecule has 0 spiro atoms. The van der Waals surface area contributed by atoms with E-state index in [2.05, 4.69) is 9.88 Å². The Morgan fingerprint density at radius 2 is 2.11 bits per heavy atom. The van der Waals surface area contributed by atoms with Crippen molar-refractivity contribution in [3.05, 3.63) is 18.2 Å². The first kappa shape index (κ1) is 12.7. The van der Waals surface area contributed by atoms with E-state index in [0.717, 1.165) is 27.6 Å². The van der Waals surface area contributed by atoms with Gasteiger partial charge in [0.15, 0.2) is 15.0 Å². The molecule has 0 bridgehead atoms. The third kappa shape index (κ3) is 2.66. The van der Waals surface area contributed by atoms with Crippen LogP contribution in [-0.4, -0.2) is 38.0 Å². The topological polar surface area (TPSA) is 76.3 Å². The van der Waals surface area contributed by atoms with Crippen molar-refractivity contribution in [1.29, 1.82) is 0 Å². The van der Waals surface area contributed by atoms with Crippen LogP contribution in [0.25, 0.3) is 10.2 Å². The fraction of sp³-hybridized carbons (Fsp3) is 0.417. The van der Waals surface area contributed by atoms with Gasteiger partial charge in [-0.1, -0.05) is 11.3 Å². The molecule has 1 aliphatic heterocycles. The lowest BCUT2D eigenvalue weighted by molar-refractivity contribution is 0.597. The first-order chi connectivity index (χ1) is 9.03. The highest BCUT2D eigenvalue weighted by Gasteiger charge is 2.21. The summed E-state index contributed by atoms with van der Waals surface area (Å²) in [6, 6.07) is 5.64. The van der Waals surface area contributed by atoms with Crippen LogP contribution in [0.3, 0.4) is 0 Å². The number of hydrogen-bond acceptors (Lipinski definition) is 6. The van der Waals surface area contributed by atoms with Crippen molar-refractivity contribution in [2.45, 2.75) is 6.42 Å². The van der Waals surface area contributed by atoms with E-state index in [1.54, 1.807) is 11.3 Å². The van der Waals surface area contributed by atoms with Gasteiger partial charge in [0.25, 0.3) is 0 Å². The molecule has 1 saturated heterocycles. The third-order valence-electron chi connectivity index (χ3n) is 3.23. The minimum absolute atomic E-state index is 0.213. The minimum atomic E-state index is -2.88. The zero-order valence-corrected chi connectivity index (χ0v) is 12.0. The van der Waals surface area contributed by atoms with Crippen molar-refractivity contribution in [3.8, 4) is 0 Å². The van der Waals surface area contributed by atoms with E-state index in [-0.39, 0.29) is 11.5 Å². The van der Waals surface area contributed by atoms with Crippen LogP contribution in [0.15, 0.2) is 18.2 Å². The molecule has 2 aromatic rings. The van der Waals surface area contributed by atoms with Gasteiger partial charge in [-0.05, 0) is 24.6 Å². The number of benzene rings is 1. The van der Waals surface area contributed by atoms with Gasteiger partial charge in [-0.25, -0.2) is 13.4 Å². The maximum atomic E-state index is 11.6. The molecule has 7 heteroatoms. The molecule has 19 heavy (non-hydrogen) atoms. The number of nitrogens with two attached hydrogens (primary N) is 1. The van der Waals surface area contributed by atoms with E-state index >= 15 is 0 Å². The van der Waals surface area contributed by atoms with Gasteiger partial charge in [0.2, 0.25) is 0 Å². The number of thiazole rings is 1. The van der Waals surface area contributed by atoms with Crippen LogP contribution in [0.1, 0.15) is 6.42 Å². The number of nitrogens with zero attached hydrogens (tertiary/aromatic N) is 2. The number of anilines is 2. The monoisotopic (exact) mass is 297 g/mol. The highest BCUT2D eigenvalue weighted by Crippen LogP contribution is 2.30. The fourth-order valence-electron chi connectivity index (χ4n) is 2.19. The Morgan fingerprint density at radius 3 is 2.95 bits per heavy atom. The summed E-state index contributed by atoms with van der Waals surface area (Å²) in [7, 11) is -2.88. The van der Waals surface area contributed by atoms with Crippen LogP contribution >= 0.6 is 11.3 Å². The van der Waals surface area contributed by atoms with Crippen molar-refractivity contribution in [2.75, 3.05) is 35.2 Å². The normalized spacial score (nSPS) is 19.5. The predicted octanol–water partition coefficient (Wildman–Crippen LogP) is 1.50. The SMILES string of the molecule is Nc1ccc2nc(N3CCCS(=O)(=O)CC3)sc2c1. The summed E-state index contributed by atoms with van der Waals surface area (Å²) in [4.78, 5) is 6.62. The van der Waals surface area contributed by atoms with Gasteiger partial charge in [-0.15, -0.1) is 0 Å². The van der Waals surface area contributed by atoms with Crippen molar-refractivity contribution < 1.29 is 8.42 Å². The lowest BCUT2D eigenvalue weighted by atomic mass is 10.3. The maximum Gasteiger partial charge on any atom is 0.186 e. The molecule has 1 fully saturated rings. The summed E-state index contributed by atoms with van der Waals surface area (Å²) < 4.78 is 24.3. The summed E-state index contributed by atoms with van der Waals surface area (Å²) >= 11 is 1.57. The van der Waals surface area contributed by atoms with Gasteiger partial charge < -0.3 is 10.6 Å². The van der Waals surface area contributed by atoms with Gasteiger partial charge in [-0.3, -0.25) is 0 Å². The summed E-state index contributed by atoms with van der Waals surface area (Å²) in [5.41, 5.74) is 7.40. The van der Waals surface area contributed by atoms with Crippen molar-refractivity contribution in [2.24, 2.45) is 0 Å². The van der Waals surface area contributed by atoms with E-state index in [1.807, 2.05) is 18.2 Å². The first-order valence-electron chi connectivity index (χ1n) is 6.15. The van der Waals surface area contributed by atoms with Crippen molar-refractivity contribution in [3.63, 3.8) is 0 Å². The summed E-state index contributed by atoms with van der Waals surface area (Å²) in [6.45, 7) is 1.27. The van der Waals surface area contributed by atoms with Crippen LogP contribution < -0.4 is 10.6 Å². The highest BCUT2D eigenvalue weighted by molar-refractivity contribution is 7.91. The van der Waals surface area contributed by atoms with Crippen LogP contribution in [-0.2, 0) is 9.84 Å². The zero-order chi connectivity index (χ0) is 13.5. The molecule has 1 aromatic heterocycles. The number of fused-ring (bicyclic) bond motifs is 1.